The molecule has 1 fully saturated rings. The van der Waals surface area contributed by atoms with Crippen LogP contribution in [0.15, 0.2) is 39.2 Å². The molecule has 3 aliphatic heterocycles. The van der Waals surface area contributed by atoms with Crippen LogP contribution in [0, 0.1) is 5.92 Å². The third-order valence-electron chi connectivity index (χ3n) is 7.53. The average molecular weight is 472 g/mol. The molecule has 2 amide bonds. The number of amides is 2. The Morgan fingerprint density at radius 1 is 1.11 bits per heavy atom. The maximum absolute atomic E-state index is 13.8. The van der Waals surface area contributed by atoms with E-state index in [4.69, 9.17) is 0 Å². The van der Waals surface area contributed by atoms with E-state index in [0.29, 0.717) is 49.5 Å². The van der Waals surface area contributed by atoms with Crippen LogP contribution in [-0.4, -0.2) is 51.3 Å². The van der Waals surface area contributed by atoms with Gasteiger partial charge in [0.2, 0.25) is 5.91 Å². The molecule has 4 heterocycles. The molecular formula is C27H29N5O3. The molecule has 0 unspecified atom stereocenters. The van der Waals surface area contributed by atoms with Crippen molar-refractivity contribution < 1.29 is 9.59 Å². The van der Waals surface area contributed by atoms with Gasteiger partial charge in [0.1, 0.15) is 5.71 Å². The van der Waals surface area contributed by atoms with Gasteiger partial charge in [-0.25, -0.2) is 5.01 Å². The van der Waals surface area contributed by atoms with Gasteiger partial charge in [-0.3, -0.25) is 19.4 Å². The van der Waals surface area contributed by atoms with Gasteiger partial charge in [0, 0.05) is 69.3 Å². The summed E-state index contributed by atoms with van der Waals surface area (Å²) in [5, 5.41) is 5.49. The predicted octanol–water partition coefficient (Wildman–Crippen LogP) is 3.07. The van der Waals surface area contributed by atoms with Crippen LogP contribution in [0.4, 0.5) is 5.69 Å². The minimum Gasteiger partial charge on any atom is -0.333 e. The molecule has 1 saturated carbocycles. The smallest absolute Gasteiger partial charge is 0.270 e. The van der Waals surface area contributed by atoms with Crippen LogP contribution in [0.25, 0.3) is 11.1 Å². The maximum Gasteiger partial charge on any atom is 0.270 e. The number of benzene rings is 1. The Morgan fingerprint density at radius 2 is 1.94 bits per heavy atom. The fourth-order valence-electron chi connectivity index (χ4n) is 5.46. The van der Waals surface area contributed by atoms with Gasteiger partial charge in [-0.05, 0) is 54.5 Å². The van der Waals surface area contributed by atoms with E-state index in [1.807, 2.05) is 40.7 Å². The number of rotatable bonds is 4. The second-order valence-electron chi connectivity index (χ2n) is 10.2. The fraction of sp³-hybridized carbons (Fsp3) is 0.444. The number of hydrogen-bond acceptors (Lipinski definition) is 5. The largest absolute Gasteiger partial charge is 0.333 e. The monoisotopic (exact) mass is 471 g/mol. The van der Waals surface area contributed by atoms with Crippen molar-refractivity contribution in [2.45, 2.75) is 58.5 Å². The van der Waals surface area contributed by atoms with Crippen molar-refractivity contribution in [2.24, 2.45) is 16.0 Å². The minimum atomic E-state index is -0.124. The normalized spacial score (nSPS) is 19.3. The summed E-state index contributed by atoms with van der Waals surface area (Å²) in [5.74, 6) is 0.360. The highest BCUT2D eigenvalue weighted by atomic mass is 16.2. The molecule has 0 radical (unpaired) electrons. The molecule has 2 aromatic rings. The molecule has 1 aromatic heterocycles. The topological polar surface area (TPSA) is 87.3 Å². The van der Waals surface area contributed by atoms with Crippen LogP contribution in [-0.2, 0) is 35.5 Å². The first-order chi connectivity index (χ1) is 16.9. The SMILES string of the molecule is CC1=Nc2cccc(-c3cc4c(n(CC5CC5)c3=O)CCN(C(=O)C3=NN(C)C(=O)CC3)C4)c2C1. The Morgan fingerprint density at radius 3 is 2.71 bits per heavy atom. The lowest BCUT2D eigenvalue weighted by molar-refractivity contribution is -0.130. The lowest BCUT2D eigenvalue weighted by Gasteiger charge is -2.32. The summed E-state index contributed by atoms with van der Waals surface area (Å²) in [4.78, 5) is 45.3. The highest BCUT2D eigenvalue weighted by Gasteiger charge is 2.32. The van der Waals surface area contributed by atoms with E-state index in [1.165, 1.54) is 5.01 Å². The van der Waals surface area contributed by atoms with Gasteiger partial charge in [0.25, 0.3) is 11.5 Å². The molecule has 4 aliphatic rings. The summed E-state index contributed by atoms with van der Waals surface area (Å²) in [6.07, 6.45) is 4.39. The summed E-state index contributed by atoms with van der Waals surface area (Å²) in [6, 6.07) is 7.99. The first-order valence-electron chi connectivity index (χ1n) is 12.4. The molecule has 0 spiro atoms. The molecule has 8 heteroatoms. The standard InChI is InChI=1S/C27H29N5O3/c1-16-12-20-19(4-3-5-22(20)28-16)21-13-18-15-31(27(35)23-8-9-25(33)30(2)29-23)11-10-24(18)32(26(21)34)14-17-6-7-17/h3-5,13,17H,6-12,14-15H2,1-2H3. The summed E-state index contributed by atoms with van der Waals surface area (Å²) in [7, 11) is 1.59. The highest BCUT2D eigenvalue weighted by molar-refractivity contribution is 6.39. The molecule has 1 aromatic carbocycles. The molecule has 180 valence electrons. The quantitative estimate of drug-likeness (QED) is 0.687. The Labute approximate surface area is 203 Å². The molecule has 1 aliphatic carbocycles. The van der Waals surface area contributed by atoms with E-state index in [0.717, 1.165) is 59.6 Å². The third kappa shape index (κ3) is 3.90. The first-order valence-corrected chi connectivity index (χ1v) is 12.4. The summed E-state index contributed by atoms with van der Waals surface area (Å²) >= 11 is 0. The van der Waals surface area contributed by atoms with Crippen molar-refractivity contribution in [3.8, 4) is 11.1 Å². The summed E-state index contributed by atoms with van der Waals surface area (Å²) in [6.45, 7) is 3.74. The van der Waals surface area contributed by atoms with E-state index in [2.05, 4.69) is 10.1 Å². The highest BCUT2D eigenvalue weighted by Crippen LogP contribution is 2.36. The zero-order valence-corrected chi connectivity index (χ0v) is 20.2. The van der Waals surface area contributed by atoms with Crippen molar-refractivity contribution in [1.29, 1.82) is 0 Å². The number of hydrazone groups is 1. The first kappa shape index (κ1) is 21.9. The molecule has 35 heavy (non-hydrogen) atoms. The number of carbonyl (C=O) groups is 2. The van der Waals surface area contributed by atoms with E-state index < -0.39 is 0 Å². The number of aliphatic imine (C=N–C) groups is 1. The number of fused-ring (bicyclic) bond motifs is 2. The van der Waals surface area contributed by atoms with Crippen LogP contribution >= 0.6 is 0 Å². The molecule has 0 bridgehead atoms. The van der Waals surface area contributed by atoms with Crippen molar-refractivity contribution in [2.75, 3.05) is 13.6 Å². The molecule has 0 atom stereocenters. The predicted molar refractivity (Wildman–Crippen MR) is 134 cm³/mol. The number of aromatic nitrogens is 1. The third-order valence-corrected chi connectivity index (χ3v) is 7.53. The number of carbonyl (C=O) groups excluding carboxylic acids is 2. The maximum atomic E-state index is 13.8. The van der Waals surface area contributed by atoms with Crippen LogP contribution < -0.4 is 5.56 Å². The fourth-order valence-corrected chi connectivity index (χ4v) is 5.46. The van der Waals surface area contributed by atoms with Gasteiger partial charge in [-0.1, -0.05) is 12.1 Å². The van der Waals surface area contributed by atoms with Gasteiger partial charge in [-0.2, -0.15) is 5.10 Å². The summed E-state index contributed by atoms with van der Waals surface area (Å²) < 4.78 is 1.98. The Hall–Kier alpha value is -3.55. The van der Waals surface area contributed by atoms with E-state index >= 15 is 0 Å². The summed E-state index contributed by atoms with van der Waals surface area (Å²) in [5.41, 5.74) is 7.30. The lowest BCUT2D eigenvalue weighted by Crippen LogP contribution is -2.44. The van der Waals surface area contributed by atoms with E-state index in [-0.39, 0.29) is 17.4 Å². The van der Waals surface area contributed by atoms with Crippen LogP contribution in [0.5, 0.6) is 0 Å². The zero-order chi connectivity index (χ0) is 24.3. The lowest BCUT2D eigenvalue weighted by atomic mass is 9.94. The van der Waals surface area contributed by atoms with Crippen molar-refractivity contribution >= 4 is 28.9 Å². The average Bonchev–Trinajstić information content (AvgIpc) is 3.59. The van der Waals surface area contributed by atoms with Gasteiger partial charge < -0.3 is 9.47 Å². The second kappa shape index (κ2) is 8.29. The molecule has 6 rings (SSSR count). The Bertz CT molecular complexity index is 1380. The van der Waals surface area contributed by atoms with Gasteiger partial charge in [0.05, 0.1) is 5.69 Å². The number of hydrogen-bond donors (Lipinski definition) is 0. The minimum absolute atomic E-state index is 0.0603. The number of nitrogens with zero attached hydrogens (tertiary/aromatic N) is 5. The molecule has 8 nitrogen and oxygen atoms in total. The van der Waals surface area contributed by atoms with Crippen molar-refractivity contribution in [3.63, 3.8) is 0 Å². The van der Waals surface area contributed by atoms with Crippen LogP contribution in [0.1, 0.15) is 49.4 Å². The zero-order valence-electron chi connectivity index (χ0n) is 20.2. The van der Waals surface area contributed by atoms with Gasteiger partial charge >= 0.3 is 0 Å². The second-order valence-corrected chi connectivity index (χ2v) is 10.2. The van der Waals surface area contributed by atoms with Crippen LogP contribution in [0.2, 0.25) is 0 Å². The van der Waals surface area contributed by atoms with Gasteiger partial charge in [-0.15, -0.1) is 0 Å². The van der Waals surface area contributed by atoms with Crippen molar-refractivity contribution in [1.82, 2.24) is 14.5 Å². The van der Waals surface area contributed by atoms with E-state index in [1.54, 1.807) is 7.05 Å². The van der Waals surface area contributed by atoms with E-state index in [9.17, 15) is 14.4 Å². The molecular weight excluding hydrogens is 442 g/mol. The van der Waals surface area contributed by atoms with Crippen molar-refractivity contribution in [3.05, 3.63) is 51.4 Å². The number of pyridine rings is 1. The Kier molecular flexibility index (Phi) is 5.20. The molecule has 0 saturated heterocycles. The molecule has 0 N–H and O–H groups in total. The Balaban J connectivity index is 1.40. The van der Waals surface area contributed by atoms with Crippen LogP contribution in [0.3, 0.4) is 0 Å². The van der Waals surface area contributed by atoms with Gasteiger partial charge in [0.15, 0.2) is 0 Å².